The summed E-state index contributed by atoms with van der Waals surface area (Å²) in [4.78, 5) is 11.2. The highest BCUT2D eigenvalue weighted by molar-refractivity contribution is 6.61. The van der Waals surface area contributed by atoms with E-state index in [1.54, 1.807) is 24.3 Å². The molecule has 1 N–H and O–H groups in total. The van der Waals surface area contributed by atoms with Crippen LogP contribution in [-0.4, -0.2) is 25.2 Å². The number of carbonyl (C=O) groups excluding carboxylic acids is 1. The van der Waals surface area contributed by atoms with Gasteiger partial charge in [0.05, 0.1) is 18.9 Å². The molecule has 0 spiro atoms. The summed E-state index contributed by atoms with van der Waals surface area (Å²) in [6.07, 6.45) is 3.15. The molecule has 0 saturated carbocycles. The van der Waals surface area contributed by atoms with Crippen LogP contribution in [-0.2, 0) is 9.39 Å². The molecule has 1 aliphatic rings. The lowest BCUT2D eigenvalue weighted by atomic mass is 9.74. The van der Waals surface area contributed by atoms with Crippen LogP contribution in [0.1, 0.15) is 15.9 Å². The third-order valence-corrected chi connectivity index (χ3v) is 2.23. The summed E-state index contributed by atoms with van der Waals surface area (Å²) >= 11 is 0. The average Bonchev–Trinajstić information content (AvgIpc) is 2.28. The maximum Gasteiger partial charge on any atom is 0.560 e. The molecule has 1 aliphatic heterocycles. The molecule has 0 aliphatic carbocycles. The van der Waals surface area contributed by atoms with Gasteiger partial charge < -0.3 is 14.4 Å². The third kappa shape index (κ3) is 1.73. The molecule has 0 fully saturated rings. The van der Waals surface area contributed by atoms with Crippen molar-refractivity contribution in [2.75, 3.05) is 7.11 Å². The van der Waals surface area contributed by atoms with E-state index in [1.807, 2.05) is 0 Å². The lowest BCUT2D eigenvalue weighted by molar-refractivity contribution is 0.0601. The molecule has 0 amide bonds. The Morgan fingerprint density at radius 1 is 1.53 bits per heavy atom. The molecular weight excluding hydrogens is 195 g/mol. The standard InChI is InChI=1S/C10H9BO4/c1-14-10(12)8-3-2-7-4-5-15-11(13)9(7)6-8/h2-6,13H,1H3. The van der Waals surface area contributed by atoms with E-state index >= 15 is 0 Å². The first-order valence-electron chi connectivity index (χ1n) is 4.44. The lowest BCUT2D eigenvalue weighted by Gasteiger charge is -2.14. The van der Waals surface area contributed by atoms with E-state index in [-0.39, 0.29) is 0 Å². The largest absolute Gasteiger partial charge is 0.560 e. The molecule has 0 aromatic heterocycles. The Morgan fingerprint density at radius 3 is 3.07 bits per heavy atom. The number of hydrogen-bond donors (Lipinski definition) is 1. The Hall–Kier alpha value is -1.75. The van der Waals surface area contributed by atoms with Gasteiger partial charge in [0, 0.05) is 5.46 Å². The molecule has 0 atom stereocenters. The summed E-state index contributed by atoms with van der Waals surface area (Å²) in [7, 11) is 0.295. The second-order valence-corrected chi connectivity index (χ2v) is 3.13. The fourth-order valence-electron chi connectivity index (χ4n) is 1.45. The number of carbonyl (C=O) groups is 1. The Bertz CT molecular complexity index is 427. The van der Waals surface area contributed by atoms with Gasteiger partial charge in [-0.25, -0.2) is 4.79 Å². The fraction of sp³-hybridized carbons (Fsp3) is 0.100. The van der Waals surface area contributed by atoms with Crippen LogP contribution in [0.5, 0.6) is 0 Å². The molecule has 1 aromatic carbocycles. The van der Waals surface area contributed by atoms with Crippen LogP contribution >= 0.6 is 0 Å². The second kappa shape index (κ2) is 3.78. The van der Waals surface area contributed by atoms with E-state index in [0.29, 0.717) is 11.0 Å². The van der Waals surface area contributed by atoms with Gasteiger partial charge in [0.2, 0.25) is 0 Å². The molecule has 15 heavy (non-hydrogen) atoms. The van der Waals surface area contributed by atoms with E-state index < -0.39 is 13.1 Å². The first kappa shape index (κ1) is 9.80. The molecule has 0 radical (unpaired) electrons. The van der Waals surface area contributed by atoms with Crippen molar-refractivity contribution in [1.29, 1.82) is 0 Å². The first-order valence-corrected chi connectivity index (χ1v) is 4.44. The number of esters is 1. The van der Waals surface area contributed by atoms with Crippen molar-refractivity contribution in [3.8, 4) is 0 Å². The van der Waals surface area contributed by atoms with E-state index in [9.17, 15) is 9.82 Å². The quantitative estimate of drug-likeness (QED) is 0.522. The van der Waals surface area contributed by atoms with Crippen molar-refractivity contribution in [2.24, 2.45) is 0 Å². The maximum absolute atomic E-state index is 11.2. The van der Waals surface area contributed by atoms with Crippen molar-refractivity contribution < 1.29 is 19.2 Å². The van der Waals surface area contributed by atoms with Gasteiger partial charge in [-0.2, -0.15) is 0 Å². The van der Waals surface area contributed by atoms with Crippen LogP contribution in [0.25, 0.3) is 6.08 Å². The van der Waals surface area contributed by atoms with Crippen molar-refractivity contribution >= 4 is 24.6 Å². The summed E-state index contributed by atoms with van der Waals surface area (Å²) < 4.78 is 9.48. The van der Waals surface area contributed by atoms with Gasteiger partial charge in [0.15, 0.2) is 0 Å². The van der Waals surface area contributed by atoms with Gasteiger partial charge in [-0.3, -0.25) is 0 Å². The monoisotopic (exact) mass is 204 g/mol. The molecule has 0 saturated heterocycles. The zero-order valence-corrected chi connectivity index (χ0v) is 8.14. The van der Waals surface area contributed by atoms with E-state index in [4.69, 9.17) is 4.65 Å². The number of fused-ring (bicyclic) bond motifs is 1. The highest BCUT2D eigenvalue weighted by Gasteiger charge is 2.24. The molecule has 76 valence electrons. The predicted molar refractivity (Wildman–Crippen MR) is 55.5 cm³/mol. The molecule has 4 nitrogen and oxygen atoms in total. The van der Waals surface area contributed by atoms with Gasteiger partial charge in [-0.1, -0.05) is 6.07 Å². The highest BCUT2D eigenvalue weighted by Crippen LogP contribution is 2.10. The van der Waals surface area contributed by atoms with Crippen LogP contribution in [0.4, 0.5) is 0 Å². The minimum Gasteiger partial charge on any atom is -0.538 e. The SMILES string of the molecule is COC(=O)c1ccc2c(c1)B(O)OC=C2. The van der Waals surface area contributed by atoms with Crippen LogP contribution in [0, 0.1) is 0 Å². The molecule has 2 rings (SSSR count). The Balaban J connectivity index is 2.44. The fourth-order valence-corrected chi connectivity index (χ4v) is 1.45. The molecule has 0 bridgehead atoms. The van der Waals surface area contributed by atoms with Gasteiger partial charge in [0.1, 0.15) is 0 Å². The second-order valence-electron chi connectivity index (χ2n) is 3.13. The number of ether oxygens (including phenoxy) is 1. The van der Waals surface area contributed by atoms with Crippen molar-refractivity contribution in [1.82, 2.24) is 0 Å². The first-order chi connectivity index (χ1) is 7.22. The normalized spacial score (nSPS) is 13.1. The van der Waals surface area contributed by atoms with Crippen molar-refractivity contribution in [2.45, 2.75) is 0 Å². The zero-order valence-electron chi connectivity index (χ0n) is 8.14. The van der Waals surface area contributed by atoms with Crippen LogP contribution in [0.3, 0.4) is 0 Å². The number of benzene rings is 1. The highest BCUT2D eigenvalue weighted by atomic mass is 16.5. The van der Waals surface area contributed by atoms with Gasteiger partial charge >= 0.3 is 13.1 Å². The average molecular weight is 204 g/mol. The van der Waals surface area contributed by atoms with Crippen LogP contribution in [0.2, 0.25) is 0 Å². The van der Waals surface area contributed by atoms with E-state index in [2.05, 4.69) is 4.74 Å². The zero-order chi connectivity index (χ0) is 10.8. The number of hydrogen-bond acceptors (Lipinski definition) is 4. The van der Waals surface area contributed by atoms with Crippen LogP contribution in [0.15, 0.2) is 24.5 Å². The molecular formula is C10H9BO4. The van der Waals surface area contributed by atoms with Gasteiger partial charge in [-0.05, 0) is 23.8 Å². The smallest absolute Gasteiger partial charge is 0.538 e. The van der Waals surface area contributed by atoms with Gasteiger partial charge in [0.25, 0.3) is 0 Å². The molecule has 1 heterocycles. The Labute approximate surface area is 87.3 Å². The Morgan fingerprint density at radius 2 is 2.33 bits per heavy atom. The summed E-state index contributed by atoms with van der Waals surface area (Å²) in [5.74, 6) is -0.431. The van der Waals surface area contributed by atoms with E-state index in [0.717, 1.165) is 5.56 Å². The topological polar surface area (TPSA) is 55.8 Å². The minimum atomic E-state index is -1.02. The predicted octanol–water partition coefficient (Wildman–Crippen LogP) is 0.162. The summed E-state index contributed by atoms with van der Waals surface area (Å²) in [6, 6.07) is 4.95. The van der Waals surface area contributed by atoms with Crippen molar-refractivity contribution in [3.05, 3.63) is 35.6 Å². The molecule has 5 heteroatoms. The minimum absolute atomic E-state index is 0.397. The summed E-state index contributed by atoms with van der Waals surface area (Å²) in [5.41, 5.74) is 1.80. The lowest BCUT2D eigenvalue weighted by Crippen LogP contribution is -2.36. The van der Waals surface area contributed by atoms with Crippen LogP contribution < -0.4 is 5.46 Å². The summed E-state index contributed by atoms with van der Waals surface area (Å²) in [6.45, 7) is 0. The van der Waals surface area contributed by atoms with E-state index in [1.165, 1.54) is 13.4 Å². The Kier molecular flexibility index (Phi) is 2.47. The molecule has 0 unspecified atom stereocenters. The molecule has 1 aromatic rings. The number of rotatable bonds is 1. The summed E-state index contributed by atoms with van der Waals surface area (Å²) in [5, 5.41) is 9.51. The van der Waals surface area contributed by atoms with Crippen molar-refractivity contribution in [3.63, 3.8) is 0 Å². The third-order valence-electron chi connectivity index (χ3n) is 2.23. The van der Waals surface area contributed by atoms with Gasteiger partial charge in [-0.15, -0.1) is 0 Å². The maximum atomic E-state index is 11.2. The number of methoxy groups -OCH3 is 1.